The molecule has 0 N–H and O–H groups in total. The first-order chi connectivity index (χ1) is 7.93. The van der Waals surface area contributed by atoms with Crippen molar-refractivity contribution in [3.05, 3.63) is 51.7 Å². The van der Waals surface area contributed by atoms with Crippen LogP contribution >= 0.6 is 34.8 Å². The summed E-state index contributed by atoms with van der Waals surface area (Å²) in [6, 6.07) is 5.75. The molecule has 1 aromatic heterocycles. The van der Waals surface area contributed by atoms with E-state index in [1.165, 1.54) is 24.5 Å². The summed E-state index contributed by atoms with van der Waals surface area (Å²) in [6.07, 6.45) is 2.82. The fraction of sp³-hybridized carbons (Fsp3) is 0. The molecular weight excluding hydrogens is 305 g/mol. The van der Waals surface area contributed by atoms with Crippen LogP contribution in [0.4, 0.5) is 0 Å². The third-order valence-corrected chi connectivity index (χ3v) is 4.95. The molecule has 0 aliphatic rings. The molecule has 0 aliphatic heterocycles. The number of hydrogen-bond donors (Lipinski definition) is 0. The van der Waals surface area contributed by atoms with Crippen LogP contribution in [0.5, 0.6) is 0 Å². The van der Waals surface area contributed by atoms with Crippen LogP contribution in [0, 0.1) is 0 Å². The van der Waals surface area contributed by atoms with Gasteiger partial charge >= 0.3 is 0 Å². The average molecular weight is 311 g/mol. The maximum atomic E-state index is 12.2. The van der Waals surface area contributed by atoms with Gasteiger partial charge in [0.1, 0.15) is 4.90 Å². The van der Waals surface area contributed by atoms with E-state index in [0.717, 1.165) is 3.97 Å². The Balaban J connectivity index is 2.67. The molecule has 0 fully saturated rings. The van der Waals surface area contributed by atoms with E-state index in [-0.39, 0.29) is 20.0 Å². The molecule has 0 unspecified atom stereocenters. The van der Waals surface area contributed by atoms with Crippen molar-refractivity contribution in [2.45, 2.75) is 4.90 Å². The average Bonchev–Trinajstić information content (AvgIpc) is 2.77. The van der Waals surface area contributed by atoms with Crippen LogP contribution in [0.15, 0.2) is 41.6 Å². The molecule has 0 atom stereocenters. The summed E-state index contributed by atoms with van der Waals surface area (Å²) in [6.45, 7) is 0. The number of benzene rings is 1. The maximum absolute atomic E-state index is 12.2. The van der Waals surface area contributed by atoms with Crippen molar-refractivity contribution in [3.63, 3.8) is 0 Å². The molecule has 2 aromatic rings. The fourth-order valence-corrected chi connectivity index (χ4v) is 3.46. The highest BCUT2D eigenvalue weighted by atomic mass is 35.5. The molecule has 0 bridgehead atoms. The second-order valence-electron chi connectivity index (χ2n) is 3.21. The van der Waals surface area contributed by atoms with E-state index in [2.05, 4.69) is 0 Å². The molecule has 3 nitrogen and oxygen atoms in total. The molecule has 0 radical (unpaired) electrons. The summed E-state index contributed by atoms with van der Waals surface area (Å²) >= 11 is 17.4. The van der Waals surface area contributed by atoms with Crippen LogP contribution in [0.3, 0.4) is 0 Å². The first-order valence-corrected chi connectivity index (χ1v) is 7.03. The highest BCUT2D eigenvalue weighted by Crippen LogP contribution is 2.32. The molecule has 90 valence electrons. The molecule has 0 spiro atoms. The van der Waals surface area contributed by atoms with Crippen molar-refractivity contribution in [3.8, 4) is 0 Å². The lowest BCUT2D eigenvalue weighted by atomic mass is 10.4. The van der Waals surface area contributed by atoms with Crippen LogP contribution < -0.4 is 0 Å². The largest absolute Gasteiger partial charge is 0.269 e. The van der Waals surface area contributed by atoms with Gasteiger partial charge in [-0.05, 0) is 24.3 Å². The lowest BCUT2D eigenvalue weighted by Crippen LogP contribution is -2.11. The fourth-order valence-electron chi connectivity index (χ4n) is 1.29. The van der Waals surface area contributed by atoms with Gasteiger partial charge in [-0.25, -0.2) is 12.4 Å². The summed E-state index contributed by atoms with van der Waals surface area (Å²) in [4.78, 5) is -0.0789. The predicted octanol–water partition coefficient (Wildman–Crippen LogP) is 3.69. The zero-order valence-corrected chi connectivity index (χ0v) is 11.4. The van der Waals surface area contributed by atoms with Gasteiger partial charge in [-0.2, -0.15) is 0 Å². The molecule has 7 heteroatoms. The van der Waals surface area contributed by atoms with Crippen LogP contribution in [0.25, 0.3) is 0 Å². The highest BCUT2D eigenvalue weighted by molar-refractivity contribution is 7.90. The Morgan fingerprint density at radius 1 is 0.882 bits per heavy atom. The van der Waals surface area contributed by atoms with E-state index in [4.69, 9.17) is 34.8 Å². The van der Waals surface area contributed by atoms with Crippen LogP contribution in [-0.2, 0) is 10.0 Å². The Bertz CT molecular complexity index is 650. The summed E-state index contributed by atoms with van der Waals surface area (Å²) in [5.41, 5.74) is 0. The van der Waals surface area contributed by atoms with Gasteiger partial charge < -0.3 is 0 Å². The number of nitrogens with zero attached hydrogens (tertiary/aromatic N) is 1. The van der Waals surface area contributed by atoms with Crippen molar-refractivity contribution in [2.75, 3.05) is 0 Å². The molecule has 0 amide bonds. The maximum Gasteiger partial charge on any atom is 0.269 e. The molecule has 0 saturated carbocycles. The lowest BCUT2D eigenvalue weighted by molar-refractivity contribution is 0.587. The minimum Gasteiger partial charge on any atom is -0.249 e. The van der Waals surface area contributed by atoms with E-state index < -0.39 is 10.0 Å². The van der Waals surface area contributed by atoms with Crippen molar-refractivity contribution >= 4 is 44.8 Å². The molecule has 1 aromatic carbocycles. The summed E-state index contributed by atoms with van der Waals surface area (Å²) in [5.74, 6) is 0. The Kier molecular flexibility index (Phi) is 3.41. The normalized spacial score (nSPS) is 11.7. The first kappa shape index (κ1) is 12.8. The van der Waals surface area contributed by atoms with Crippen molar-refractivity contribution in [1.82, 2.24) is 3.97 Å². The van der Waals surface area contributed by atoms with E-state index in [1.807, 2.05) is 0 Å². The van der Waals surface area contributed by atoms with Gasteiger partial charge in [0.05, 0.1) is 15.1 Å². The number of hydrogen-bond acceptors (Lipinski definition) is 2. The van der Waals surface area contributed by atoms with Crippen LogP contribution in [-0.4, -0.2) is 12.4 Å². The van der Waals surface area contributed by atoms with Crippen molar-refractivity contribution < 1.29 is 8.42 Å². The van der Waals surface area contributed by atoms with E-state index >= 15 is 0 Å². The SMILES string of the molecule is O=S(=O)(c1cc(Cl)c(Cl)cc1Cl)n1cccc1. The Morgan fingerprint density at radius 2 is 1.41 bits per heavy atom. The predicted molar refractivity (Wildman–Crippen MR) is 68.5 cm³/mol. The number of halogens is 3. The van der Waals surface area contributed by atoms with Gasteiger partial charge in [0.2, 0.25) is 0 Å². The monoisotopic (exact) mass is 309 g/mol. The minimum absolute atomic E-state index is 0.0353. The Hall–Kier alpha value is -0.680. The van der Waals surface area contributed by atoms with Crippen LogP contribution in [0.2, 0.25) is 15.1 Å². The van der Waals surface area contributed by atoms with Gasteiger partial charge in [0.15, 0.2) is 0 Å². The molecule has 2 rings (SSSR count). The number of aromatic nitrogens is 1. The summed E-state index contributed by atoms with van der Waals surface area (Å²) < 4.78 is 25.4. The molecular formula is C10H6Cl3NO2S. The molecule has 0 saturated heterocycles. The van der Waals surface area contributed by atoms with E-state index in [9.17, 15) is 8.42 Å². The van der Waals surface area contributed by atoms with E-state index in [1.54, 1.807) is 12.1 Å². The Labute approximate surface area is 114 Å². The van der Waals surface area contributed by atoms with Crippen LogP contribution in [0.1, 0.15) is 0 Å². The Morgan fingerprint density at radius 3 is 2.00 bits per heavy atom. The first-order valence-electron chi connectivity index (χ1n) is 4.46. The molecule has 17 heavy (non-hydrogen) atoms. The second-order valence-corrected chi connectivity index (χ2v) is 6.25. The zero-order valence-electron chi connectivity index (χ0n) is 8.27. The number of rotatable bonds is 2. The smallest absolute Gasteiger partial charge is 0.249 e. The second kappa shape index (κ2) is 4.53. The van der Waals surface area contributed by atoms with Gasteiger partial charge in [0.25, 0.3) is 10.0 Å². The van der Waals surface area contributed by atoms with E-state index in [0.29, 0.717) is 0 Å². The molecule has 0 aliphatic carbocycles. The van der Waals surface area contributed by atoms with Crippen molar-refractivity contribution in [1.29, 1.82) is 0 Å². The highest BCUT2D eigenvalue weighted by Gasteiger charge is 2.21. The van der Waals surface area contributed by atoms with Crippen molar-refractivity contribution in [2.24, 2.45) is 0 Å². The summed E-state index contributed by atoms with van der Waals surface area (Å²) in [5, 5.41) is 0.387. The third-order valence-electron chi connectivity index (χ3n) is 2.11. The summed E-state index contributed by atoms with van der Waals surface area (Å²) in [7, 11) is -3.72. The lowest BCUT2D eigenvalue weighted by Gasteiger charge is -2.08. The van der Waals surface area contributed by atoms with Gasteiger partial charge in [-0.1, -0.05) is 34.8 Å². The minimum atomic E-state index is -3.72. The standard InChI is InChI=1S/C10H6Cl3NO2S/c11-7-5-9(13)10(6-8(7)12)17(15,16)14-3-1-2-4-14/h1-6H. The molecule has 1 heterocycles. The quantitative estimate of drug-likeness (QED) is 0.794. The van der Waals surface area contributed by atoms with Gasteiger partial charge in [0, 0.05) is 12.4 Å². The third kappa shape index (κ3) is 2.31. The zero-order chi connectivity index (χ0) is 12.6. The van der Waals surface area contributed by atoms with Gasteiger partial charge in [-0.15, -0.1) is 0 Å². The topological polar surface area (TPSA) is 39.1 Å². The van der Waals surface area contributed by atoms with Gasteiger partial charge in [-0.3, -0.25) is 0 Å².